The molecule has 2 atom stereocenters. The van der Waals surface area contributed by atoms with E-state index in [1.54, 1.807) is 37.4 Å². The number of hydrogen-bond donors (Lipinski definition) is 2. The summed E-state index contributed by atoms with van der Waals surface area (Å²) in [7, 11) is 1.65. The van der Waals surface area contributed by atoms with Gasteiger partial charge in [0.15, 0.2) is 5.60 Å². The fourth-order valence-corrected chi connectivity index (χ4v) is 5.11. The summed E-state index contributed by atoms with van der Waals surface area (Å²) in [5.74, 6) is -3.41. The molecule has 5 nitrogen and oxygen atoms in total. The molecule has 1 saturated carbocycles. The molecule has 2 aromatic rings. The van der Waals surface area contributed by atoms with Crippen molar-refractivity contribution < 1.29 is 23.4 Å². The number of piperidine rings is 1. The van der Waals surface area contributed by atoms with Gasteiger partial charge in [-0.25, -0.2) is 8.78 Å². The molecular weight excluding hydrogens is 426 g/mol. The fourth-order valence-electron chi connectivity index (χ4n) is 5.11. The molecule has 0 aromatic heterocycles. The molecule has 1 aliphatic carbocycles. The van der Waals surface area contributed by atoms with E-state index in [0.717, 1.165) is 43.8 Å². The molecule has 0 spiro atoms. The van der Waals surface area contributed by atoms with Gasteiger partial charge >= 0.3 is 0 Å². The van der Waals surface area contributed by atoms with Gasteiger partial charge in [-0.2, -0.15) is 0 Å². The SMILES string of the molecule is COc1cccc(CN2CCC(NC(=O)C(O)(c3ccccc3)[C@@H]3CCC(F)(F)C3)CC2)c1. The maximum absolute atomic E-state index is 14.0. The second-order valence-corrected chi connectivity index (χ2v) is 9.30. The standard InChI is InChI=1S/C26H32F2N2O3/c1-33-23-9-5-6-19(16-23)18-30-14-11-22(12-15-30)29-24(31)26(32,20-7-3-2-4-8-20)21-10-13-25(27,28)17-21/h2-9,16,21-22,32H,10-15,17-18H2,1H3,(H,29,31)/t21-,26?/m1/s1. The molecule has 1 aliphatic heterocycles. The normalized spacial score (nSPS) is 23.1. The van der Waals surface area contributed by atoms with E-state index in [0.29, 0.717) is 5.56 Å². The number of likely N-dealkylation sites (tertiary alicyclic amines) is 1. The number of nitrogens with one attached hydrogen (secondary N) is 1. The van der Waals surface area contributed by atoms with Gasteiger partial charge in [0.25, 0.3) is 5.91 Å². The predicted octanol–water partition coefficient (Wildman–Crippen LogP) is 4.10. The quantitative estimate of drug-likeness (QED) is 0.656. The van der Waals surface area contributed by atoms with Crippen molar-refractivity contribution >= 4 is 5.91 Å². The van der Waals surface area contributed by atoms with Crippen LogP contribution in [0.5, 0.6) is 5.75 Å². The van der Waals surface area contributed by atoms with E-state index in [1.807, 2.05) is 18.2 Å². The smallest absolute Gasteiger partial charge is 0.257 e. The zero-order valence-electron chi connectivity index (χ0n) is 19.0. The van der Waals surface area contributed by atoms with Crippen LogP contribution in [0.2, 0.25) is 0 Å². The summed E-state index contributed by atoms with van der Waals surface area (Å²) in [6, 6.07) is 16.4. The van der Waals surface area contributed by atoms with Crippen molar-refractivity contribution in [1.29, 1.82) is 0 Å². The lowest BCUT2D eigenvalue weighted by atomic mass is 9.79. The third kappa shape index (κ3) is 5.36. The van der Waals surface area contributed by atoms with Crippen LogP contribution in [0.15, 0.2) is 54.6 Å². The van der Waals surface area contributed by atoms with Crippen LogP contribution in [0.25, 0.3) is 0 Å². The highest BCUT2D eigenvalue weighted by molar-refractivity contribution is 5.87. The number of carbonyl (C=O) groups is 1. The summed E-state index contributed by atoms with van der Waals surface area (Å²) >= 11 is 0. The minimum Gasteiger partial charge on any atom is -0.497 e. The van der Waals surface area contributed by atoms with E-state index < -0.39 is 29.8 Å². The lowest BCUT2D eigenvalue weighted by molar-refractivity contribution is -0.149. The van der Waals surface area contributed by atoms with E-state index in [2.05, 4.69) is 16.3 Å². The van der Waals surface area contributed by atoms with Crippen molar-refractivity contribution in [1.82, 2.24) is 10.2 Å². The number of rotatable bonds is 7. The number of alkyl halides is 2. The molecule has 2 aromatic carbocycles. The number of hydrogen-bond acceptors (Lipinski definition) is 4. The van der Waals surface area contributed by atoms with Crippen LogP contribution < -0.4 is 10.1 Å². The molecule has 1 amide bonds. The molecule has 0 bridgehead atoms. The van der Waals surface area contributed by atoms with E-state index in [4.69, 9.17) is 4.74 Å². The minimum absolute atomic E-state index is 0.101. The number of aliphatic hydroxyl groups is 1. The van der Waals surface area contributed by atoms with Gasteiger partial charge in [0.05, 0.1) is 7.11 Å². The van der Waals surface area contributed by atoms with Crippen LogP contribution in [0, 0.1) is 5.92 Å². The summed E-state index contributed by atoms with van der Waals surface area (Å²) in [5, 5.41) is 14.5. The molecule has 178 valence electrons. The van der Waals surface area contributed by atoms with Crippen LogP contribution in [0.1, 0.15) is 43.2 Å². The molecule has 1 unspecified atom stereocenters. The highest BCUT2D eigenvalue weighted by atomic mass is 19.3. The van der Waals surface area contributed by atoms with Gasteiger partial charge in [-0.3, -0.25) is 9.69 Å². The molecule has 2 fully saturated rings. The van der Waals surface area contributed by atoms with E-state index in [-0.39, 0.29) is 18.9 Å². The molecule has 1 heterocycles. The zero-order chi connectivity index (χ0) is 23.5. The maximum atomic E-state index is 14.0. The number of amides is 1. The van der Waals surface area contributed by atoms with E-state index >= 15 is 0 Å². The predicted molar refractivity (Wildman–Crippen MR) is 122 cm³/mol. The van der Waals surface area contributed by atoms with Crippen molar-refractivity contribution in [3.63, 3.8) is 0 Å². The second kappa shape index (κ2) is 9.77. The van der Waals surface area contributed by atoms with E-state index in [1.165, 1.54) is 0 Å². The maximum Gasteiger partial charge on any atom is 0.257 e. The van der Waals surface area contributed by atoms with Crippen molar-refractivity contribution in [3.05, 3.63) is 65.7 Å². The van der Waals surface area contributed by atoms with Gasteiger partial charge in [-0.15, -0.1) is 0 Å². The average molecular weight is 459 g/mol. The first-order valence-electron chi connectivity index (χ1n) is 11.6. The second-order valence-electron chi connectivity index (χ2n) is 9.30. The number of halogens is 2. The molecule has 1 saturated heterocycles. The molecule has 0 radical (unpaired) electrons. The Labute approximate surface area is 193 Å². The number of nitrogens with zero attached hydrogens (tertiary/aromatic N) is 1. The lowest BCUT2D eigenvalue weighted by Crippen LogP contribution is -2.54. The molecule has 7 heteroatoms. The zero-order valence-corrected chi connectivity index (χ0v) is 19.0. The first kappa shape index (κ1) is 23.6. The molecule has 33 heavy (non-hydrogen) atoms. The van der Waals surface area contributed by atoms with Gasteiger partial charge in [0, 0.05) is 44.4 Å². The number of benzene rings is 2. The first-order valence-corrected chi connectivity index (χ1v) is 11.6. The van der Waals surface area contributed by atoms with Crippen molar-refractivity contribution in [2.45, 2.75) is 56.2 Å². The molecule has 2 N–H and O–H groups in total. The third-order valence-corrected chi connectivity index (χ3v) is 7.02. The number of ether oxygens (including phenoxy) is 1. The van der Waals surface area contributed by atoms with Gasteiger partial charge in [0.2, 0.25) is 5.92 Å². The third-order valence-electron chi connectivity index (χ3n) is 7.02. The first-order chi connectivity index (χ1) is 15.8. The van der Waals surface area contributed by atoms with Crippen molar-refractivity contribution in [3.8, 4) is 5.75 Å². The highest BCUT2D eigenvalue weighted by Crippen LogP contribution is 2.47. The Morgan fingerprint density at radius 1 is 1.15 bits per heavy atom. The fraction of sp³-hybridized carbons (Fsp3) is 0.500. The summed E-state index contributed by atoms with van der Waals surface area (Å²) in [4.78, 5) is 15.7. The molecule has 2 aliphatic rings. The minimum atomic E-state index is -2.85. The number of methoxy groups -OCH3 is 1. The van der Waals surface area contributed by atoms with Gasteiger partial charge in [-0.05, 0) is 42.5 Å². The van der Waals surface area contributed by atoms with Crippen LogP contribution in [0.4, 0.5) is 8.78 Å². The van der Waals surface area contributed by atoms with Gasteiger partial charge in [0.1, 0.15) is 5.75 Å². The lowest BCUT2D eigenvalue weighted by Gasteiger charge is -2.37. The monoisotopic (exact) mass is 458 g/mol. The summed E-state index contributed by atoms with van der Waals surface area (Å²) in [5.41, 5.74) is -0.419. The largest absolute Gasteiger partial charge is 0.497 e. The van der Waals surface area contributed by atoms with Crippen LogP contribution in [-0.4, -0.2) is 48.1 Å². The van der Waals surface area contributed by atoms with Crippen LogP contribution in [-0.2, 0) is 16.9 Å². The summed E-state index contributed by atoms with van der Waals surface area (Å²) in [6.45, 7) is 2.39. The summed E-state index contributed by atoms with van der Waals surface area (Å²) in [6.07, 6.45) is 0.807. The number of carbonyl (C=O) groups excluding carboxylic acids is 1. The summed E-state index contributed by atoms with van der Waals surface area (Å²) < 4.78 is 33.2. The average Bonchev–Trinajstić information content (AvgIpc) is 3.20. The van der Waals surface area contributed by atoms with E-state index in [9.17, 15) is 18.7 Å². The van der Waals surface area contributed by atoms with Gasteiger partial charge < -0.3 is 15.2 Å². The van der Waals surface area contributed by atoms with Crippen LogP contribution in [0.3, 0.4) is 0 Å². The van der Waals surface area contributed by atoms with Crippen molar-refractivity contribution in [2.75, 3.05) is 20.2 Å². The Balaban J connectivity index is 1.40. The Morgan fingerprint density at radius 2 is 1.88 bits per heavy atom. The Kier molecular flexibility index (Phi) is 7.00. The van der Waals surface area contributed by atoms with Crippen LogP contribution >= 0.6 is 0 Å². The van der Waals surface area contributed by atoms with Crippen molar-refractivity contribution in [2.24, 2.45) is 5.92 Å². The molecular formula is C26H32F2N2O3. The Morgan fingerprint density at radius 3 is 2.52 bits per heavy atom. The molecule has 4 rings (SSSR count). The Bertz CT molecular complexity index is 948. The van der Waals surface area contributed by atoms with Gasteiger partial charge in [-0.1, -0.05) is 42.5 Å². The topological polar surface area (TPSA) is 61.8 Å². The Hall–Kier alpha value is -2.51. The highest BCUT2D eigenvalue weighted by Gasteiger charge is 2.53.